The van der Waals surface area contributed by atoms with E-state index < -0.39 is 4.92 Å². The fourth-order valence-corrected chi connectivity index (χ4v) is 1.57. The van der Waals surface area contributed by atoms with Crippen molar-refractivity contribution in [2.45, 2.75) is 6.92 Å². The first kappa shape index (κ1) is 12.7. The molecule has 19 heavy (non-hydrogen) atoms. The van der Waals surface area contributed by atoms with E-state index in [1.807, 2.05) is 0 Å². The summed E-state index contributed by atoms with van der Waals surface area (Å²) in [6, 6.07) is 4.72. The van der Waals surface area contributed by atoms with Crippen LogP contribution in [0.3, 0.4) is 0 Å². The fourth-order valence-electron chi connectivity index (χ4n) is 1.57. The SMILES string of the molecule is C=CCNc1ccc(-c2noc(C)n2)cc1[N+](=O)[O-]. The Morgan fingerprint density at radius 1 is 1.58 bits per heavy atom. The minimum Gasteiger partial charge on any atom is -0.376 e. The smallest absolute Gasteiger partial charge is 0.293 e. The van der Waals surface area contributed by atoms with Gasteiger partial charge in [-0.15, -0.1) is 6.58 Å². The summed E-state index contributed by atoms with van der Waals surface area (Å²) in [4.78, 5) is 14.6. The van der Waals surface area contributed by atoms with Crippen molar-refractivity contribution in [2.75, 3.05) is 11.9 Å². The first-order chi connectivity index (χ1) is 9.11. The maximum absolute atomic E-state index is 11.0. The molecule has 1 aromatic carbocycles. The molecule has 0 fully saturated rings. The Kier molecular flexibility index (Phi) is 3.56. The first-order valence-electron chi connectivity index (χ1n) is 5.55. The van der Waals surface area contributed by atoms with Crippen molar-refractivity contribution in [1.29, 1.82) is 0 Å². The van der Waals surface area contributed by atoms with Crippen LogP contribution in [0.15, 0.2) is 35.4 Å². The molecule has 0 aliphatic heterocycles. The molecular weight excluding hydrogens is 248 g/mol. The van der Waals surface area contributed by atoms with Gasteiger partial charge < -0.3 is 9.84 Å². The number of aromatic nitrogens is 2. The van der Waals surface area contributed by atoms with Gasteiger partial charge in [-0.25, -0.2) is 0 Å². The van der Waals surface area contributed by atoms with E-state index in [9.17, 15) is 10.1 Å². The standard InChI is InChI=1S/C12H12N4O3/c1-3-6-13-10-5-4-9(7-11(10)16(17)18)12-14-8(2)19-15-12/h3-5,7,13H,1,6H2,2H3. The number of hydrogen-bond donors (Lipinski definition) is 1. The number of benzene rings is 1. The van der Waals surface area contributed by atoms with Crippen LogP contribution in [0.4, 0.5) is 11.4 Å². The van der Waals surface area contributed by atoms with Gasteiger partial charge in [0.2, 0.25) is 11.7 Å². The summed E-state index contributed by atoms with van der Waals surface area (Å²) in [7, 11) is 0. The molecule has 0 unspecified atom stereocenters. The lowest BCUT2D eigenvalue weighted by atomic mass is 10.1. The van der Waals surface area contributed by atoms with Gasteiger partial charge in [-0.05, 0) is 12.1 Å². The quantitative estimate of drug-likeness (QED) is 0.504. The van der Waals surface area contributed by atoms with Crippen LogP contribution in [0.25, 0.3) is 11.4 Å². The Bertz CT molecular complexity index is 621. The molecule has 0 aliphatic carbocycles. The van der Waals surface area contributed by atoms with E-state index in [-0.39, 0.29) is 5.69 Å². The molecule has 2 rings (SSSR count). The third-order valence-corrected chi connectivity index (χ3v) is 2.42. The molecule has 7 nitrogen and oxygen atoms in total. The van der Waals surface area contributed by atoms with Crippen molar-refractivity contribution in [3.63, 3.8) is 0 Å². The molecule has 2 aromatic rings. The number of aryl methyl sites for hydroxylation is 1. The zero-order valence-electron chi connectivity index (χ0n) is 10.3. The summed E-state index contributed by atoms with van der Waals surface area (Å²) < 4.78 is 4.85. The van der Waals surface area contributed by atoms with Gasteiger partial charge in [-0.1, -0.05) is 11.2 Å². The predicted octanol–water partition coefficient (Wildman–Crippen LogP) is 2.55. The van der Waals surface area contributed by atoms with Gasteiger partial charge in [0.05, 0.1) is 4.92 Å². The Hall–Kier alpha value is -2.70. The van der Waals surface area contributed by atoms with E-state index >= 15 is 0 Å². The van der Waals surface area contributed by atoms with Crippen LogP contribution < -0.4 is 5.32 Å². The van der Waals surface area contributed by atoms with E-state index in [1.54, 1.807) is 25.1 Å². The zero-order chi connectivity index (χ0) is 13.8. The lowest BCUT2D eigenvalue weighted by Gasteiger charge is -2.05. The Labute approximate surface area is 109 Å². The van der Waals surface area contributed by atoms with Crippen molar-refractivity contribution in [3.05, 3.63) is 46.9 Å². The van der Waals surface area contributed by atoms with Crippen LogP contribution in [0.2, 0.25) is 0 Å². The monoisotopic (exact) mass is 260 g/mol. The first-order valence-corrected chi connectivity index (χ1v) is 5.55. The second-order valence-electron chi connectivity index (χ2n) is 3.80. The summed E-state index contributed by atoms with van der Waals surface area (Å²) in [5.41, 5.74) is 0.920. The molecule has 0 amide bonds. The highest BCUT2D eigenvalue weighted by Crippen LogP contribution is 2.29. The van der Waals surface area contributed by atoms with Crippen molar-refractivity contribution in [2.24, 2.45) is 0 Å². The van der Waals surface area contributed by atoms with Crippen LogP contribution in [0, 0.1) is 17.0 Å². The van der Waals surface area contributed by atoms with E-state index in [2.05, 4.69) is 22.0 Å². The van der Waals surface area contributed by atoms with Crippen molar-refractivity contribution < 1.29 is 9.45 Å². The molecule has 0 radical (unpaired) electrons. The number of anilines is 1. The van der Waals surface area contributed by atoms with E-state index in [1.165, 1.54) is 6.07 Å². The second-order valence-corrected chi connectivity index (χ2v) is 3.80. The van der Waals surface area contributed by atoms with Crippen molar-refractivity contribution in [3.8, 4) is 11.4 Å². The topological polar surface area (TPSA) is 94.1 Å². The predicted molar refractivity (Wildman–Crippen MR) is 69.8 cm³/mol. The minimum atomic E-state index is -0.456. The van der Waals surface area contributed by atoms with Crippen molar-refractivity contribution >= 4 is 11.4 Å². The largest absolute Gasteiger partial charge is 0.376 e. The molecule has 98 valence electrons. The van der Waals surface area contributed by atoms with Crippen LogP contribution in [0.5, 0.6) is 0 Å². The number of nitrogens with one attached hydrogen (secondary N) is 1. The van der Waals surface area contributed by atoms with Gasteiger partial charge in [0.25, 0.3) is 5.69 Å². The van der Waals surface area contributed by atoms with Crippen LogP contribution in [0.1, 0.15) is 5.89 Å². The van der Waals surface area contributed by atoms with Gasteiger partial charge >= 0.3 is 0 Å². The highest BCUT2D eigenvalue weighted by atomic mass is 16.6. The molecule has 0 bridgehead atoms. The molecule has 1 N–H and O–H groups in total. The molecule has 0 saturated carbocycles. The number of hydrogen-bond acceptors (Lipinski definition) is 6. The molecular formula is C12H12N4O3. The third kappa shape index (κ3) is 2.76. The van der Waals surface area contributed by atoms with Gasteiger partial charge in [0.15, 0.2) is 0 Å². The maximum Gasteiger partial charge on any atom is 0.293 e. The number of nitro groups is 1. The van der Waals surface area contributed by atoms with Gasteiger partial charge in [-0.2, -0.15) is 4.98 Å². The molecule has 1 heterocycles. The van der Waals surface area contributed by atoms with Crippen LogP contribution in [-0.2, 0) is 0 Å². The summed E-state index contributed by atoms with van der Waals surface area (Å²) in [5.74, 6) is 0.738. The number of rotatable bonds is 5. The van der Waals surface area contributed by atoms with Crippen LogP contribution >= 0.6 is 0 Å². The van der Waals surface area contributed by atoms with E-state index in [0.29, 0.717) is 29.5 Å². The third-order valence-electron chi connectivity index (χ3n) is 2.42. The molecule has 7 heteroatoms. The van der Waals surface area contributed by atoms with Crippen LogP contribution in [-0.4, -0.2) is 21.6 Å². The average Bonchev–Trinajstić information content (AvgIpc) is 2.82. The minimum absolute atomic E-state index is 0.0400. The summed E-state index contributed by atoms with van der Waals surface area (Å²) in [5, 5.41) is 17.7. The summed E-state index contributed by atoms with van der Waals surface area (Å²) in [6.07, 6.45) is 1.63. The maximum atomic E-state index is 11.0. The van der Waals surface area contributed by atoms with Crippen molar-refractivity contribution in [1.82, 2.24) is 10.1 Å². The Balaban J connectivity index is 2.41. The lowest BCUT2D eigenvalue weighted by molar-refractivity contribution is -0.383. The van der Waals surface area contributed by atoms with E-state index in [0.717, 1.165) is 0 Å². The lowest BCUT2D eigenvalue weighted by Crippen LogP contribution is -2.02. The Morgan fingerprint density at radius 2 is 2.37 bits per heavy atom. The fraction of sp³-hybridized carbons (Fsp3) is 0.167. The highest BCUT2D eigenvalue weighted by molar-refractivity contribution is 5.70. The zero-order valence-corrected chi connectivity index (χ0v) is 10.3. The normalized spacial score (nSPS) is 10.2. The molecule has 1 aromatic heterocycles. The Morgan fingerprint density at radius 3 is 2.95 bits per heavy atom. The molecule has 0 aliphatic rings. The van der Waals surface area contributed by atoms with Gasteiger partial charge in [-0.3, -0.25) is 10.1 Å². The molecule has 0 saturated heterocycles. The summed E-state index contributed by atoms with van der Waals surface area (Å²) in [6.45, 7) is 5.66. The number of nitrogens with zero attached hydrogens (tertiary/aromatic N) is 3. The molecule has 0 atom stereocenters. The average molecular weight is 260 g/mol. The van der Waals surface area contributed by atoms with Gasteiger partial charge in [0.1, 0.15) is 5.69 Å². The van der Waals surface area contributed by atoms with E-state index in [4.69, 9.17) is 4.52 Å². The molecule has 0 spiro atoms. The summed E-state index contributed by atoms with van der Waals surface area (Å²) >= 11 is 0. The second kappa shape index (κ2) is 5.30. The highest BCUT2D eigenvalue weighted by Gasteiger charge is 2.16. The number of nitro benzene ring substituents is 1. The van der Waals surface area contributed by atoms with Gasteiger partial charge in [0, 0.05) is 25.1 Å².